The summed E-state index contributed by atoms with van der Waals surface area (Å²) in [4.78, 5) is 0. The summed E-state index contributed by atoms with van der Waals surface area (Å²) in [6, 6.07) is 1.12. The van der Waals surface area contributed by atoms with Gasteiger partial charge in [0.25, 0.3) is 0 Å². The highest BCUT2D eigenvalue weighted by Gasteiger charge is 2.33. The van der Waals surface area contributed by atoms with Crippen molar-refractivity contribution in [3.63, 3.8) is 0 Å². The van der Waals surface area contributed by atoms with Crippen molar-refractivity contribution < 1.29 is 4.74 Å². The molecule has 18 heavy (non-hydrogen) atoms. The molecule has 0 radical (unpaired) electrons. The van der Waals surface area contributed by atoms with Gasteiger partial charge in [-0.25, -0.2) is 0 Å². The lowest BCUT2D eigenvalue weighted by atomic mass is 10.0. The highest BCUT2D eigenvalue weighted by molar-refractivity contribution is 7.99. The molecule has 3 rings (SSSR count). The summed E-state index contributed by atoms with van der Waals surface area (Å²) in [5.74, 6) is 2.54. The Kier molecular flexibility index (Phi) is 3.63. The van der Waals surface area contributed by atoms with Gasteiger partial charge in [-0.1, -0.05) is 0 Å². The molecule has 2 aliphatic rings. The zero-order valence-corrected chi connectivity index (χ0v) is 11.9. The standard InChI is InChI=1S/C13H21N3OS/c1-9-11(7-14-16(9)2)13-12(3-5-17-13)15-10-4-6-18-8-10/h7,10,12-13,15H,3-6,8H2,1-2H3/t10-,12-,13+/m0/s1. The Labute approximate surface area is 112 Å². The highest BCUT2D eigenvalue weighted by Crippen LogP contribution is 2.32. The van der Waals surface area contributed by atoms with Gasteiger partial charge >= 0.3 is 0 Å². The lowest BCUT2D eigenvalue weighted by Gasteiger charge is -2.23. The third-order valence-corrected chi connectivity index (χ3v) is 5.21. The molecular weight excluding hydrogens is 246 g/mol. The predicted octanol–water partition coefficient (Wildman–Crippen LogP) is 1.65. The summed E-state index contributed by atoms with van der Waals surface area (Å²) in [6.45, 7) is 2.98. The first-order valence-electron chi connectivity index (χ1n) is 6.69. The van der Waals surface area contributed by atoms with Gasteiger partial charge in [0.05, 0.1) is 6.20 Å². The maximum Gasteiger partial charge on any atom is 0.101 e. The van der Waals surface area contributed by atoms with Gasteiger partial charge in [0.1, 0.15) is 6.10 Å². The number of aromatic nitrogens is 2. The molecular formula is C13H21N3OS. The topological polar surface area (TPSA) is 39.1 Å². The minimum atomic E-state index is 0.185. The van der Waals surface area contributed by atoms with Gasteiger partial charge in [-0.05, 0) is 25.5 Å². The molecule has 0 saturated carbocycles. The molecule has 3 heterocycles. The van der Waals surface area contributed by atoms with Gasteiger partial charge in [-0.3, -0.25) is 4.68 Å². The molecule has 100 valence electrons. The zero-order chi connectivity index (χ0) is 12.5. The number of hydrogen-bond acceptors (Lipinski definition) is 4. The predicted molar refractivity (Wildman–Crippen MR) is 73.9 cm³/mol. The fourth-order valence-electron chi connectivity index (χ4n) is 2.83. The molecule has 0 spiro atoms. The monoisotopic (exact) mass is 267 g/mol. The number of rotatable bonds is 3. The lowest BCUT2D eigenvalue weighted by Crippen LogP contribution is -2.40. The Hall–Kier alpha value is -0.520. The van der Waals surface area contributed by atoms with Crippen molar-refractivity contribution in [3.8, 4) is 0 Å². The summed E-state index contributed by atoms with van der Waals surface area (Å²) in [5, 5.41) is 8.11. The molecule has 2 saturated heterocycles. The molecule has 0 bridgehead atoms. The van der Waals surface area contributed by atoms with Crippen LogP contribution in [0, 0.1) is 6.92 Å². The Morgan fingerprint density at radius 1 is 1.50 bits per heavy atom. The van der Waals surface area contributed by atoms with E-state index in [1.54, 1.807) is 0 Å². The van der Waals surface area contributed by atoms with E-state index in [1.807, 2.05) is 17.9 Å². The van der Waals surface area contributed by atoms with Crippen molar-refractivity contribution in [2.24, 2.45) is 7.05 Å². The molecule has 0 amide bonds. The van der Waals surface area contributed by atoms with Crippen molar-refractivity contribution in [1.29, 1.82) is 0 Å². The average Bonchev–Trinajstić information content (AvgIpc) is 3.06. The van der Waals surface area contributed by atoms with Crippen molar-refractivity contribution in [2.75, 3.05) is 18.1 Å². The zero-order valence-electron chi connectivity index (χ0n) is 11.1. The SMILES string of the molecule is Cc1c([C@H]2OCC[C@@H]2N[C@H]2CCSC2)cnn1C. The van der Waals surface area contributed by atoms with Crippen LogP contribution in [0.4, 0.5) is 0 Å². The van der Waals surface area contributed by atoms with Crippen LogP contribution in [0.15, 0.2) is 6.20 Å². The molecule has 5 heteroatoms. The number of aryl methyl sites for hydroxylation is 1. The van der Waals surface area contributed by atoms with Gasteiger partial charge in [-0.15, -0.1) is 0 Å². The Balaban J connectivity index is 1.72. The molecule has 2 fully saturated rings. The van der Waals surface area contributed by atoms with Crippen LogP contribution in [-0.4, -0.2) is 40.0 Å². The van der Waals surface area contributed by atoms with E-state index in [1.165, 1.54) is 29.2 Å². The number of hydrogen-bond donors (Lipinski definition) is 1. The molecule has 1 aromatic rings. The second-order valence-electron chi connectivity index (χ2n) is 5.22. The third kappa shape index (κ3) is 2.31. The number of nitrogens with one attached hydrogen (secondary N) is 1. The van der Waals surface area contributed by atoms with Crippen molar-refractivity contribution in [2.45, 2.75) is 38.0 Å². The second kappa shape index (κ2) is 5.23. The first-order chi connectivity index (χ1) is 8.75. The lowest BCUT2D eigenvalue weighted by molar-refractivity contribution is 0.0964. The van der Waals surface area contributed by atoms with Crippen LogP contribution in [0.3, 0.4) is 0 Å². The summed E-state index contributed by atoms with van der Waals surface area (Å²) in [7, 11) is 1.99. The Bertz CT molecular complexity index is 414. The van der Waals surface area contributed by atoms with Crippen molar-refractivity contribution in [1.82, 2.24) is 15.1 Å². The first kappa shape index (κ1) is 12.5. The molecule has 1 aromatic heterocycles. The van der Waals surface area contributed by atoms with Crippen LogP contribution in [0.25, 0.3) is 0 Å². The summed E-state index contributed by atoms with van der Waals surface area (Å²) >= 11 is 2.05. The fourth-order valence-corrected chi connectivity index (χ4v) is 4.00. The van der Waals surface area contributed by atoms with Crippen LogP contribution in [0.2, 0.25) is 0 Å². The minimum absolute atomic E-state index is 0.185. The van der Waals surface area contributed by atoms with Crippen LogP contribution in [0.5, 0.6) is 0 Å². The van der Waals surface area contributed by atoms with E-state index in [4.69, 9.17) is 4.74 Å². The molecule has 1 N–H and O–H groups in total. The van der Waals surface area contributed by atoms with Gasteiger partial charge in [0.2, 0.25) is 0 Å². The number of thioether (sulfide) groups is 1. The molecule has 0 aromatic carbocycles. The Morgan fingerprint density at radius 3 is 3.06 bits per heavy atom. The highest BCUT2D eigenvalue weighted by atomic mass is 32.2. The smallest absolute Gasteiger partial charge is 0.101 e. The second-order valence-corrected chi connectivity index (χ2v) is 6.37. The first-order valence-corrected chi connectivity index (χ1v) is 7.85. The van der Waals surface area contributed by atoms with E-state index >= 15 is 0 Å². The van der Waals surface area contributed by atoms with Crippen LogP contribution in [-0.2, 0) is 11.8 Å². The van der Waals surface area contributed by atoms with Crippen LogP contribution >= 0.6 is 11.8 Å². The summed E-state index contributed by atoms with van der Waals surface area (Å²) in [5.41, 5.74) is 2.47. The number of ether oxygens (including phenoxy) is 1. The van der Waals surface area contributed by atoms with Gasteiger partial charge < -0.3 is 10.1 Å². The van der Waals surface area contributed by atoms with E-state index < -0.39 is 0 Å². The fraction of sp³-hybridized carbons (Fsp3) is 0.769. The van der Waals surface area contributed by atoms with E-state index in [2.05, 4.69) is 29.1 Å². The molecule has 3 atom stereocenters. The van der Waals surface area contributed by atoms with E-state index in [0.717, 1.165) is 13.0 Å². The van der Waals surface area contributed by atoms with E-state index in [0.29, 0.717) is 12.1 Å². The molecule has 0 aliphatic carbocycles. The maximum atomic E-state index is 5.93. The number of nitrogens with zero attached hydrogens (tertiary/aromatic N) is 2. The van der Waals surface area contributed by atoms with E-state index in [9.17, 15) is 0 Å². The van der Waals surface area contributed by atoms with Gasteiger partial charge in [0, 0.05) is 42.7 Å². The maximum absolute atomic E-state index is 5.93. The molecule has 4 nitrogen and oxygen atoms in total. The van der Waals surface area contributed by atoms with E-state index in [-0.39, 0.29) is 6.10 Å². The van der Waals surface area contributed by atoms with Crippen molar-refractivity contribution >= 4 is 11.8 Å². The molecule has 0 unspecified atom stereocenters. The quantitative estimate of drug-likeness (QED) is 0.904. The Morgan fingerprint density at radius 2 is 2.39 bits per heavy atom. The van der Waals surface area contributed by atoms with Crippen LogP contribution in [0.1, 0.15) is 30.2 Å². The normalized spacial score (nSPS) is 32.2. The molecule has 2 aliphatic heterocycles. The van der Waals surface area contributed by atoms with Gasteiger partial charge in [-0.2, -0.15) is 16.9 Å². The minimum Gasteiger partial charge on any atom is -0.372 e. The van der Waals surface area contributed by atoms with Gasteiger partial charge in [0.15, 0.2) is 0 Å². The largest absolute Gasteiger partial charge is 0.372 e. The summed E-state index contributed by atoms with van der Waals surface area (Å²) in [6.07, 6.45) is 4.55. The summed E-state index contributed by atoms with van der Waals surface area (Å²) < 4.78 is 7.86. The van der Waals surface area contributed by atoms with Crippen LogP contribution < -0.4 is 5.32 Å². The average molecular weight is 267 g/mol. The van der Waals surface area contributed by atoms with Crippen molar-refractivity contribution in [3.05, 3.63) is 17.5 Å². The third-order valence-electron chi connectivity index (χ3n) is 4.05.